The molecule has 2 aromatic rings. The van der Waals surface area contributed by atoms with E-state index in [0.29, 0.717) is 0 Å². The first-order valence-electron chi connectivity index (χ1n) is 5.42. The van der Waals surface area contributed by atoms with Gasteiger partial charge in [-0.05, 0) is 11.8 Å². The Kier molecular flexibility index (Phi) is 5.35. The monoisotopic (exact) mass is 501 g/mol. The Morgan fingerprint density at radius 2 is 1.59 bits per heavy atom. The fraction of sp³-hybridized carbons (Fsp3) is 0.154. The fourth-order valence-corrected chi connectivity index (χ4v) is 1.71. The van der Waals surface area contributed by atoms with Crippen LogP contribution < -0.4 is 0 Å². The minimum Gasteiger partial charge on any atom is -0.305 e. The van der Waals surface area contributed by atoms with Gasteiger partial charge in [-0.3, -0.25) is 0 Å². The zero-order valence-electron chi connectivity index (χ0n) is 10.3. The second-order valence-corrected chi connectivity index (χ2v) is 3.98. The molecular formula is C13H5F7IrN-. The topological polar surface area (TPSA) is 12.9 Å². The molecule has 0 amide bonds. The second kappa shape index (κ2) is 6.34. The van der Waals surface area contributed by atoms with Crippen molar-refractivity contribution in [3.63, 3.8) is 0 Å². The first kappa shape index (κ1) is 18.6. The average Bonchev–Trinajstić information content (AvgIpc) is 2.36. The van der Waals surface area contributed by atoms with Crippen molar-refractivity contribution in [2.75, 3.05) is 0 Å². The van der Waals surface area contributed by atoms with Crippen molar-refractivity contribution in [1.82, 2.24) is 4.98 Å². The summed E-state index contributed by atoms with van der Waals surface area (Å²) in [5.74, 6) is -2.38. The first-order chi connectivity index (χ1) is 9.62. The van der Waals surface area contributed by atoms with Crippen LogP contribution in [0.5, 0.6) is 0 Å². The van der Waals surface area contributed by atoms with E-state index in [9.17, 15) is 30.7 Å². The van der Waals surface area contributed by atoms with Crippen LogP contribution in [-0.4, -0.2) is 4.98 Å². The molecule has 1 aromatic heterocycles. The maximum absolute atomic E-state index is 13.7. The van der Waals surface area contributed by atoms with Gasteiger partial charge in [-0.1, -0.05) is 12.1 Å². The van der Waals surface area contributed by atoms with Crippen molar-refractivity contribution in [1.29, 1.82) is 0 Å². The van der Waals surface area contributed by atoms with Crippen LogP contribution in [0.15, 0.2) is 30.5 Å². The molecule has 0 aliphatic carbocycles. The first-order valence-corrected chi connectivity index (χ1v) is 5.42. The second-order valence-electron chi connectivity index (χ2n) is 3.98. The van der Waals surface area contributed by atoms with Gasteiger partial charge in [0.1, 0.15) is 0 Å². The number of aromatic nitrogens is 1. The molecule has 2 rings (SSSR count). The van der Waals surface area contributed by atoms with Crippen LogP contribution in [0.25, 0.3) is 11.3 Å². The molecule has 0 bridgehead atoms. The number of benzene rings is 1. The SMILES string of the molecule is Fc1c(C(F)(F)F)c[c-]c(-c2ccccn2)c1C(F)(F)F.[Ir]. The Labute approximate surface area is 133 Å². The molecule has 0 spiro atoms. The van der Waals surface area contributed by atoms with E-state index in [-0.39, 0.29) is 31.9 Å². The molecular weight excluding hydrogens is 495 g/mol. The van der Waals surface area contributed by atoms with Crippen LogP contribution in [0.3, 0.4) is 0 Å². The van der Waals surface area contributed by atoms with Crippen LogP contribution >= 0.6 is 0 Å². The maximum Gasteiger partial charge on any atom is 0.384 e. The number of alkyl halides is 6. The van der Waals surface area contributed by atoms with Crippen LogP contribution in [0.2, 0.25) is 0 Å². The third-order valence-electron chi connectivity index (χ3n) is 2.58. The molecule has 121 valence electrons. The molecule has 0 fully saturated rings. The van der Waals surface area contributed by atoms with Crippen molar-refractivity contribution >= 4 is 0 Å². The predicted octanol–water partition coefficient (Wildman–Crippen LogP) is 4.72. The van der Waals surface area contributed by atoms with Crippen molar-refractivity contribution in [3.05, 3.63) is 53.5 Å². The molecule has 0 saturated heterocycles. The van der Waals surface area contributed by atoms with Crippen LogP contribution in [0.4, 0.5) is 30.7 Å². The quantitative estimate of drug-likeness (QED) is 0.408. The summed E-state index contributed by atoms with van der Waals surface area (Å²) in [6.45, 7) is 0. The summed E-state index contributed by atoms with van der Waals surface area (Å²) in [5, 5.41) is 0. The molecule has 0 unspecified atom stereocenters. The molecule has 0 atom stereocenters. The standard InChI is InChI=1S/C13H5F7N.Ir/c14-11-8(12(15,16)17)5-4-7(10(11)13(18,19)20)9-3-1-2-6-21-9;/h1-3,5-6H;/q-1;. The number of pyridine rings is 1. The van der Waals surface area contributed by atoms with Gasteiger partial charge in [0.2, 0.25) is 0 Å². The van der Waals surface area contributed by atoms with E-state index in [1.807, 2.05) is 6.07 Å². The van der Waals surface area contributed by atoms with Gasteiger partial charge in [0.05, 0.1) is 5.82 Å². The summed E-state index contributed by atoms with van der Waals surface area (Å²) in [6.07, 6.45) is -9.42. The van der Waals surface area contributed by atoms with Gasteiger partial charge in [-0.15, -0.1) is 17.7 Å². The number of hydrogen-bond donors (Lipinski definition) is 0. The average molecular weight is 500 g/mol. The number of rotatable bonds is 1. The zero-order chi connectivity index (χ0) is 15.8. The summed E-state index contributed by atoms with van der Waals surface area (Å²) in [6, 6.07) is 5.82. The predicted molar refractivity (Wildman–Crippen MR) is 58.5 cm³/mol. The number of hydrogen-bond acceptors (Lipinski definition) is 1. The fourth-order valence-electron chi connectivity index (χ4n) is 1.71. The Hall–Kier alpha value is -1.47. The van der Waals surface area contributed by atoms with E-state index in [1.165, 1.54) is 12.1 Å². The van der Waals surface area contributed by atoms with Gasteiger partial charge >= 0.3 is 12.4 Å². The Morgan fingerprint density at radius 3 is 2.05 bits per heavy atom. The van der Waals surface area contributed by atoms with E-state index in [1.54, 1.807) is 0 Å². The molecule has 0 aliphatic rings. The van der Waals surface area contributed by atoms with Crippen molar-refractivity contribution in [2.45, 2.75) is 12.4 Å². The zero-order valence-corrected chi connectivity index (χ0v) is 12.7. The maximum atomic E-state index is 13.7. The van der Waals surface area contributed by atoms with Gasteiger partial charge in [0.15, 0.2) is 0 Å². The van der Waals surface area contributed by atoms with Crippen LogP contribution in [0, 0.1) is 11.9 Å². The summed E-state index contributed by atoms with van der Waals surface area (Å²) in [7, 11) is 0. The minimum absolute atomic E-state index is 0. The minimum atomic E-state index is -5.31. The van der Waals surface area contributed by atoms with Gasteiger partial charge in [-0.25, -0.2) is 4.39 Å². The third-order valence-corrected chi connectivity index (χ3v) is 2.58. The van der Waals surface area contributed by atoms with Crippen molar-refractivity contribution in [2.24, 2.45) is 0 Å². The Bertz CT molecular complexity index is 650. The molecule has 22 heavy (non-hydrogen) atoms. The van der Waals surface area contributed by atoms with Gasteiger partial charge in [0, 0.05) is 37.4 Å². The van der Waals surface area contributed by atoms with E-state index in [2.05, 4.69) is 4.98 Å². The molecule has 1 radical (unpaired) electrons. The normalized spacial score (nSPS) is 12.0. The van der Waals surface area contributed by atoms with Crippen molar-refractivity contribution in [3.8, 4) is 11.3 Å². The van der Waals surface area contributed by atoms with Gasteiger partial charge in [0.25, 0.3) is 0 Å². The van der Waals surface area contributed by atoms with E-state index < -0.39 is 34.9 Å². The smallest absolute Gasteiger partial charge is 0.305 e. The Balaban J connectivity index is 0.00000242. The molecule has 0 aliphatic heterocycles. The van der Waals surface area contributed by atoms with Crippen LogP contribution in [-0.2, 0) is 32.5 Å². The van der Waals surface area contributed by atoms with E-state index >= 15 is 0 Å². The largest absolute Gasteiger partial charge is 0.384 e. The molecule has 0 N–H and O–H groups in total. The summed E-state index contributed by atoms with van der Waals surface area (Å²) >= 11 is 0. The molecule has 9 heteroatoms. The van der Waals surface area contributed by atoms with Gasteiger partial charge in [-0.2, -0.15) is 26.3 Å². The Morgan fingerprint density at radius 1 is 0.955 bits per heavy atom. The molecule has 1 nitrogen and oxygen atoms in total. The van der Waals surface area contributed by atoms with Crippen molar-refractivity contribution < 1.29 is 50.8 Å². The summed E-state index contributed by atoms with van der Waals surface area (Å²) in [4.78, 5) is 3.58. The number of nitrogens with zero attached hydrogens (tertiary/aromatic N) is 1. The molecule has 1 heterocycles. The number of halogens is 7. The van der Waals surface area contributed by atoms with Gasteiger partial charge < -0.3 is 4.98 Å². The van der Waals surface area contributed by atoms with E-state index in [4.69, 9.17) is 0 Å². The summed E-state index contributed by atoms with van der Waals surface area (Å²) in [5.41, 5.74) is -5.24. The summed E-state index contributed by atoms with van der Waals surface area (Å²) < 4.78 is 90.0. The van der Waals surface area contributed by atoms with E-state index in [0.717, 1.165) is 12.3 Å². The van der Waals surface area contributed by atoms with Crippen LogP contribution in [0.1, 0.15) is 11.1 Å². The molecule has 1 aromatic carbocycles. The third kappa shape index (κ3) is 3.64. The molecule has 0 saturated carbocycles.